The highest BCUT2D eigenvalue weighted by molar-refractivity contribution is 5.86. The van der Waals surface area contributed by atoms with Crippen LogP contribution in [-0.4, -0.2) is 41.9 Å². The van der Waals surface area contributed by atoms with Crippen LogP contribution in [0.1, 0.15) is 51.9 Å². The molecule has 6 heteroatoms. The van der Waals surface area contributed by atoms with E-state index in [9.17, 15) is 14.7 Å². The molecule has 0 spiro atoms. The van der Waals surface area contributed by atoms with E-state index in [1.165, 1.54) is 0 Å². The van der Waals surface area contributed by atoms with Gasteiger partial charge in [0.25, 0.3) is 0 Å². The summed E-state index contributed by atoms with van der Waals surface area (Å²) >= 11 is 0. The lowest BCUT2D eigenvalue weighted by molar-refractivity contribution is -0.146. The van der Waals surface area contributed by atoms with Gasteiger partial charge in [-0.2, -0.15) is 0 Å². The van der Waals surface area contributed by atoms with Crippen LogP contribution in [0.2, 0.25) is 0 Å². The Balaban J connectivity index is 1.90. The van der Waals surface area contributed by atoms with Crippen LogP contribution >= 0.6 is 0 Å². The van der Waals surface area contributed by atoms with Crippen LogP contribution in [0.25, 0.3) is 0 Å². The van der Waals surface area contributed by atoms with E-state index in [0.717, 1.165) is 32.1 Å². The van der Waals surface area contributed by atoms with Gasteiger partial charge in [-0.1, -0.05) is 13.3 Å². The van der Waals surface area contributed by atoms with E-state index in [4.69, 9.17) is 4.74 Å². The van der Waals surface area contributed by atoms with Gasteiger partial charge >= 0.3 is 12.0 Å². The summed E-state index contributed by atoms with van der Waals surface area (Å²) in [6, 6.07) is -0.282. The molecule has 0 aromatic rings. The summed E-state index contributed by atoms with van der Waals surface area (Å²) in [5.74, 6) is -0.336. The van der Waals surface area contributed by atoms with Gasteiger partial charge in [0.1, 0.15) is 5.54 Å². The topological polar surface area (TPSA) is 87.7 Å². The van der Waals surface area contributed by atoms with Crippen LogP contribution in [0.4, 0.5) is 4.79 Å². The van der Waals surface area contributed by atoms with E-state index < -0.39 is 11.5 Å². The third kappa shape index (κ3) is 4.09. The standard InChI is InChI=1S/C15H26N2O4/c1-2-11-3-7-15(8-4-11,13(18)19)17-14(20)16-12-5-9-21-10-6-12/h11-12H,2-10H2,1H3,(H,18,19)(H2,16,17,20). The van der Waals surface area contributed by atoms with Crippen molar-refractivity contribution in [3.05, 3.63) is 0 Å². The summed E-state index contributed by atoms with van der Waals surface area (Å²) in [5, 5.41) is 15.2. The number of carbonyl (C=O) groups excluding carboxylic acids is 1. The number of hydrogen-bond acceptors (Lipinski definition) is 3. The highest BCUT2D eigenvalue weighted by Crippen LogP contribution is 2.34. The normalized spacial score (nSPS) is 30.6. The van der Waals surface area contributed by atoms with E-state index in [1.54, 1.807) is 0 Å². The molecule has 6 nitrogen and oxygen atoms in total. The summed E-state index contributed by atoms with van der Waals surface area (Å²) in [4.78, 5) is 23.8. The molecule has 21 heavy (non-hydrogen) atoms. The van der Waals surface area contributed by atoms with Gasteiger partial charge in [-0.15, -0.1) is 0 Å². The van der Waals surface area contributed by atoms with E-state index >= 15 is 0 Å². The van der Waals surface area contributed by atoms with Gasteiger partial charge in [-0.25, -0.2) is 9.59 Å². The maximum atomic E-state index is 12.1. The molecule has 0 bridgehead atoms. The number of amides is 2. The van der Waals surface area contributed by atoms with E-state index in [2.05, 4.69) is 17.6 Å². The first-order valence-electron chi connectivity index (χ1n) is 7.95. The van der Waals surface area contributed by atoms with Gasteiger partial charge in [-0.05, 0) is 44.4 Å². The Morgan fingerprint density at radius 1 is 1.19 bits per heavy atom. The van der Waals surface area contributed by atoms with Crippen molar-refractivity contribution < 1.29 is 19.4 Å². The predicted molar refractivity (Wildman–Crippen MR) is 78.1 cm³/mol. The molecule has 2 fully saturated rings. The zero-order valence-corrected chi connectivity index (χ0v) is 12.7. The molecule has 0 unspecified atom stereocenters. The second-order valence-electron chi connectivity index (χ2n) is 6.22. The van der Waals surface area contributed by atoms with E-state index in [0.29, 0.717) is 32.0 Å². The lowest BCUT2D eigenvalue weighted by Crippen LogP contribution is -2.60. The van der Waals surface area contributed by atoms with Gasteiger partial charge in [0, 0.05) is 19.3 Å². The number of hydrogen-bond donors (Lipinski definition) is 3. The number of ether oxygens (including phenoxy) is 1. The number of rotatable bonds is 4. The fraction of sp³-hybridized carbons (Fsp3) is 0.867. The highest BCUT2D eigenvalue weighted by Gasteiger charge is 2.43. The van der Waals surface area contributed by atoms with Crippen LogP contribution in [0.3, 0.4) is 0 Å². The first-order chi connectivity index (χ1) is 10.1. The van der Waals surface area contributed by atoms with E-state index in [1.807, 2.05) is 0 Å². The average Bonchev–Trinajstić information content (AvgIpc) is 2.48. The number of urea groups is 1. The first-order valence-corrected chi connectivity index (χ1v) is 7.95. The fourth-order valence-corrected chi connectivity index (χ4v) is 3.25. The molecular formula is C15H26N2O4. The minimum absolute atomic E-state index is 0.0802. The quantitative estimate of drug-likeness (QED) is 0.739. The molecule has 0 radical (unpaired) electrons. The Hall–Kier alpha value is -1.30. The van der Waals surface area contributed by atoms with Crippen LogP contribution in [0, 0.1) is 5.92 Å². The molecule has 0 aromatic carbocycles. The number of aliphatic carboxylic acids is 1. The molecule has 120 valence electrons. The van der Waals surface area contributed by atoms with Gasteiger partial charge in [0.2, 0.25) is 0 Å². The second-order valence-corrected chi connectivity index (χ2v) is 6.22. The largest absolute Gasteiger partial charge is 0.480 e. The lowest BCUT2D eigenvalue weighted by Gasteiger charge is -2.37. The molecule has 1 saturated heterocycles. The van der Waals surface area contributed by atoms with Crippen molar-refractivity contribution in [1.29, 1.82) is 0 Å². The lowest BCUT2D eigenvalue weighted by atomic mass is 9.75. The van der Waals surface area contributed by atoms with Crippen molar-refractivity contribution in [2.24, 2.45) is 5.92 Å². The third-order valence-corrected chi connectivity index (χ3v) is 4.85. The summed E-state index contributed by atoms with van der Waals surface area (Å²) < 4.78 is 5.25. The SMILES string of the molecule is CCC1CCC(NC(=O)NC2CCOCC2)(C(=O)O)CC1. The number of carbonyl (C=O) groups is 2. The molecule has 0 aromatic heterocycles. The Bertz CT molecular complexity index is 372. The molecule has 3 N–H and O–H groups in total. The van der Waals surface area contributed by atoms with Crippen molar-refractivity contribution in [3.63, 3.8) is 0 Å². The Morgan fingerprint density at radius 3 is 2.33 bits per heavy atom. The summed E-state index contributed by atoms with van der Waals surface area (Å²) in [5.41, 5.74) is -1.10. The van der Waals surface area contributed by atoms with Gasteiger partial charge < -0.3 is 20.5 Å². The van der Waals surface area contributed by atoms with Crippen molar-refractivity contribution in [1.82, 2.24) is 10.6 Å². The average molecular weight is 298 g/mol. The van der Waals surface area contributed by atoms with Crippen LogP contribution < -0.4 is 10.6 Å². The van der Waals surface area contributed by atoms with Gasteiger partial charge in [0.15, 0.2) is 0 Å². The van der Waals surface area contributed by atoms with Crippen LogP contribution in [0.15, 0.2) is 0 Å². The van der Waals surface area contributed by atoms with Crippen molar-refractivity contribution >= 4 is 12.0 Å². The van der Waals surface area contributed by atoms with E-state index in [-0.39, 0.29) is 12.1 Å². The van der Waals surface area contributed by atoms with Crippen molar-refractivity contribution in [2.45, 2.75) is 63.5 Å². The molecule has 1 aliphatic carbocycles. The minimum Gasteiger partial charge on any atom is -0.480 e. The van der Waals surface area contributed by atoms with Crippen LogP contribution in [0.5, 0.6) is 0 Å². The van der Waals surface area contributed by atoms with Crippen molar-refractivity contribution in [3.8, 4) is 0 Å². The number of nitrogens with one attached hydrogen (secondary N) is 2. The third-order valence-electron chi connectivity index (χ3n) is 4.85. The molecule has 1 heterocycles. The molecule has 2 amide bonds. The fourth-order valence-electron chi connectivity index (χ4n) is 3.25. The number of carboxylic acid groups (broad SMARTS) is 1. The summed E-state index contributed by atoms with van der Waals surface area (Å²) in [6.45, 7) is 3.42. The van der Waals surface area contributed by atoms with Crippen LogP contribution in [-0.2, 0) is 9.53 Å². The predicted octanol–water partition coefficient (Wildman–Crippen LogP) is 1.89. The molecule has 1 saturated carbocycles. The first kappa shape index (κ1) is 16.1. The Kier molecular flexibility index (Phi) is 5.45. The molecule has 0 atom stereocenters. The van der Waals surface area contributed by atoms with Crippen molar-refractivity contribution in [2.75, 3.05) is 13.2 Å². The molecular weight excluding hydrogens is 272 g/mol. The smallest absolute Gasteiger partial charge is 0.329 e. The maximum absolute atomic E-state index is 12.1. The maximum Gasteiger partial charge on any atom is 0.329 e. The zero-order chi connectivity index (χ0) is 15.3. The second kappa shape index (κ2) is 7.11. The summed E-state index contributed by atoms with van der Waals surface area (Å²) in [7, 11) is 0. The number of carboxylic acids is 1. The molecule has 2 rings (SSSR count). The summed E-state index contributed by atoms with van der Waals surface area (Å²) in [6.07, 6.45) is 5.39. The van der Waals surface area contributed by atoms with Gasteiger partial charge in [-0.3, -0.25) is 0 Å². The van der Waals surface area contributed by atoms with Gasteiger partial charge in [0.05, 0.1) is 0 Å². The molecule has 2 aliphatic rings. The monoisotopic (exact) mass is 298 g/mol. The zero-order valence-electron chi connectivity index (χ0n) is 12.7. The molecule has 1 aliphatic heterocycles. The minimum atomic E-state index is -1.10. The Labute approximate surface area is 125 Å². The highest BCUT2D eigenvalue weighted by atomic mass is 16.5. The Morgan fingerprint density at radius 2 is 1.81 bits per heavy atom.